The van der Waals surface area contributed by atoms with Crippen molar-refractivity contribution in [3.05, 3.63) is 34.4 Å². The molecule has 2 rings (SSSR count). The molecule has 0 unspecified atom stereocenters. The molecule has 0 saturated heterocycles. The molecular weight excluding hydrogens is 234 g/mol. The Morgan fingerprint density at radius 1 is 1.22 bits per heavy atom. The van der Waals surface area contributed by atoms with Crippen molar-refractivity contribution >= 4 is 22.9 Å². The Bertz CT molecular complexity index is 494. The molecule has 1 aliphatic rings. The van der Waals surface area contributed by atoms with E-state index >= 15 is 0 Å². The lowest BCUT2D eigenvalue weighted by molar-refractivity contribution is -0.384. The zero-order valence-corrected chi connectivity index (χ0v) is 9.76. The molecule has 1 fully saturated rings. The molecule has 0 amide bonds. The van der Waals surface area contributed by atoms with E-state index in [0.29, 0.717) is 18.5 Å². The molecule has 0 spiro atoms. The number of non-ortho nitro benzene ring substituents is 1. The molecule has 18 heavy (non-hydrogen) atoms. The highest BCUT2D eigenvalue weighted by molar-refractivity contribution is 6.04. The topological polar surface area (TPSA) is 84.6 Å². The molecule has 1 aromatic rings. The predicted octanol–water partition coefficient (Wildman–Crippen LogP) is 2.51. The fraction of sp³-hybridized carbons (Fsp3) is 0.333. The lowest BCUT2D eigenvalue weighted by atomic mass is 9.97. The van der Waals surface area contributed by atoms with Gasteiger partial charge in [0.05, 0.1) is 10.6 Å². The van der Waals surface area contributed by atoms with Crippen molar-refractivity contribution in [2.45, 2.75) is 25.7 Å². The maximum atomic E-state index is 11.2. The number of anilines is 1. The summed E-state index contributed by atoms with van der Waals surface area (Å²) >= 11 is 0. The molecule has 94 valence electrons. The molecule has 6 heteroatoms. The maximum absolute atomic E-state index is 11.2. The van der Waals surface area contributed by atoms with E-state index in [-0.39, 0.29) is 11.5 Å². The number of hydrogen-bond donors (Lipinski definition) is 1. The van der Waals surface area contributed by atoms with Gasteiger partial charge in [0, 0.05) is 30.7 Å². The second kappa shape index (κ2) is 5.39. The van der Waals surface area contributed by atoms with Gasteiger partial charge >= 0.3 is 0 Å². The highest BCUT2D eigenvalue weighted by Gasteiger charge is 2.14. The third kappa shape index (κ3) is 3.13. The van der Waals surface area contributed by atoms with Crippen molar-refractivity contribution < 1.29 is 9.72 Å². The first-order valence-electron chi connectivity index (χ1n) is 5.73. The summed E-state index contributed by atoms with van der Waals surface area (Å²) in [4.78, 5) is 21.2. The summed E-state index contributed by atoms with van der Waals surface area (Å²) in [5.74, 6) is 0.213. The molecular formula is C12H13N3O3. The van der Waals surface area contributed by atoms with Crippen molar-refractivity contribution in [2.24, 2.45) is 5.10 Å². The molecule has 6 nitrogen and oxygen atoms in total. The Morgan fingerprint density at radius 3 is 2.56 bits per heavy atom. The number of nitrogens with zero attached hydrogens (tertiary/aromatic N) is 2. The van der Waals surface area contributed by atoms with Gasteiger partial charge in [0.25, 0.3) is 5.69 Å². The molecule has 0 aromatic heterocycles. The minimum Gasteiger partial charge on any atom is -0.299 e. The number of hydrogen-bond acceptors (Lipinski definition) is 5. The van der Waals surface area contributed by atoms with Crippen LogP contribution in [0.2, 0.25) is 0 Å². The van der Waals surface area contributed by atoms with Crippen molar-refractivity contribution in [1.82, 2.24) is 0 Å². The minimum absolute atomic E-state index is 0.0426. The van der Waals surface area contributed by atoms with Crippen LogP contribution in [0.5, 0.6) is 0 Å². The van der Waals surface area contributed by atoms with E-state index < -0.39 is 4.92 Å². The summed E-state index contributed by atoms with van der Waals surface area (Å²) in [7, 11) is 0. The normalized spacial score (nSPS) is 17.8. The van der Waals surface area contributed by atoms with Gasteiger partial charge in [-0.15, -0.1) is 0 Å². The second-order valence-electron chi connectivity index (χ2n) is 4.16. The highest BCUT2D eigenvalue weighted by atomic mass is 16.6. The van der Waals surface area contributed by atoms with Gasteiger partial charge in [-0.3, -0.25) is 20.3 Å². The van der Waals surface area contributed by atoms with Crippen LogP contribution in [0.1, 0.15) is 25.7 Å². The van der Waals surface area contributed by atoms with Crippen LogP contribution in [0.3, 0.4) is 0 Å². The number of nitrogens with one attached hydrogen (secondary N) is 1. The number of carbonyl (C=O) groups is 1. The zero-order chi connectivity index (χ0) is 13.0. The standard InChI is InChI=1S/C12H13N3O3/c16-12-3-1-2-10(8-12)14-13-9-4-6-11(7-5-9)15(17)18/h4-7,13H,1-3,8H2/b14-10+. The van der Waals surface area contributed by atoms with Gasteiger partial charge in [-0.05, 0) is 25.0 Å². The van der Waals surface area contributed by atoms with Crippen LogP contribution in [0.15, 0.2) is 29.4 Å². The quantitative estimate of drug-likeness (QED) is 0.656. The molecule has 0 bridgehead atoms. The molecule has 0 heterocycles. The van der Waals surface area contributed by atoms with Gasteiger partial charge in [0.1, 0.15) is 5.78 Å². The van der Waals surface area contributed by atoms with Gasteiger partial charge in [-0.2, -0.15) is 5.10 Å². The Kier molecular flexibility index (Phi) is 3.66. The van der Waals surface area contributed by atoms with Crippen molar-refractivity contribution in [3.63, 3.8) is 0 Å². The highest BCUT2D eigenvalue weighted by Crippen LogP contribution is 2.16. The fourth-order valence-corrected chi connectivity index (χ4v) is 1.79. The SMILES string of the molecule is O=C1CCC/C(=N\Nc2ccc([N+](=O)[O-])cc2)C1. The average Bonchev–Trinajstić information content (AvgIpc) is 2.37. The Morgan fingerprint density at radius 2 is 1.94 bits per heavy atom. The first kappa shape index (κ1) is 12.2. The molecule has 1 aromatic carbocycles. The Balaban J connectivity index is 1.99. The summed E-state index contributed by atoms with van der Waals surface area (Å²) in [5, 5.41) is 14.6. The summed E-state index contributed by atoms with van der Waals surface area (Å²) in [6.07, 6.45) is 2.71. The molecule has 0 atom stereocenters. The van der Waals surface area contributed by atoms with E-state index in [0.717, 1.165) is 18.6 Å². The van der Waals surface area contributed by atoms with Crippen LogP contribution in [-0.4, -0.2) is 16.4 Å². The van der Waals surface area contributed by atoms with E-state index in [1.165, 1.54) is 12.1 Å². The van der Waals surface area contributed by atoms with E-state index in [1.807, 2.05) is 0 Å². The minimum atomic E-state index is -0.449. The summed E-state index contributed by atoms with van der Waals surface area (Å²) in [6.45, 7) is 0. The van der Waals surface area contributed by atoms with E-state index in [2.05, 4.69) is 10.5 Å². The van der Waals surface area contributed by atoms with Gasteiger partial charge < -0.3 is 0 Å². The monoisotopic (exact) mass is 247 g/mol. The lowest BCUT2D eigenvalue weighted by Crippen LogP contribution is -2.15. The van der Waals surface area contributed by atoms with Gasteiger partial charge in [0.2, 0.25) is 0 Å². The smallest absolute Gasteiger partial charge is 0.269 e. The van der Waals surface area contributed by atoms with Crippen LogP contribution in [0.4, 0.5) is 11.4 Å². The van der Waals surface area contributed by atoms with Crippen LogP contribution in [0, 0.1) is 10.1 Å². The molecule has 1 aliphatic carbocycles. The van der Waals surface area contributed by atoms with Crippen molar-refractivity contribution in [2.75, 3.05) is 5.43 Å². The van der Waals surface area contributed by atoms with Crippen molar-refractivity contribution in [3.8, 4) is 0 Å². The first-order valence-corrected chi connectivity index (χ1v) is 5.73. The molecule has 1 N–H and O–H groups in total. The lowest BCUT2D eigenvalue weighted by Gasteiger charge is -2.11. The summed E-state index contributed by atoms with van der Waals surface area (Å²) in [5.41, 5.74) is 4.37. The molecule has 0 aliphatic heterocycles. The van der Waals surface area contributed by atoms with Crippen molar-refractivity contribution in [1.29, 1.82) is 0 Å². The van der Waals surface area contributed by atoms with Gasteiger partial charge in [-0.1, -0.05) is 0 Å². The van der Waals surface area contributed by atoms with Crippen LogP contribution in [-0.2, 0) is 4.79 Å². The summed E-state index contributed by atoms with van der Waals surface area (Å²) < 4.78 is 0. The zero-order valence-electron chi connectivity index (χ0n) is 9.76. The maximum Gasteiger partial charge on any atom is 0.269 e. The second-order valence-corrected chi connectivity index (χ2v) is 4.16. The van der Waals surface area contributed by atoms with Gasteiger partial charge in [-0.25, -0.2) is 0 Å². The number of rotatable bonds is 3. The number of ketones is 1. The third-order valence-electron chi connectivity index (χ3n) is 2.74. The molecule has 1 saturated carbocycles. The number of Topliss-reactive ketones (excluding diaryl/α,β-unsaturated/α-hetero) is 1. The van der Waals surface area contributed by atoms with Crippen LogP contribution >= 0.6 is 0 Å². The fourth-order valence-electron chi connectivity index (χ4n) is 1.79. The predicted molar refractivity (Wildman–Crippen MR) is 67.6 cm³/mol. The number of carbonyl (C=O) groups excluding carboxylic acids is 1. The first-order chi connectivity index (χ1) is 8.65. The van der Waals surface area contributed by atoms with Crippen LogP contribution < -0.4 is 5.43 Å². The Hall–Kier alpha value is -2.24. The average molecular weight is 247 g/mol. The number of hydrazone groups is 1. The van der Waals surface area contributed by atoms with E-state index in [9.17, 15) is 14.9 Å². The largest absolute Gasteiger partial charge is 0.299 e. The molecule has 0 radical (unpaired) electrons. The van der Waals surface area contributed by atoms with Crippen LogP contribution in [0.25, 0.3) is 0 Å². The summed E-state index contributed by atoms with van der Waals surface area (Å²) in [6, 6.07) is 6.00. The Labute approximate surface area is 104 Å². The van der Waals surface area contributed by atoms with E-state index in [4.69, 9.17) is 0 Å². The number of benzene rings is 1. The van der Waals surface area contributed by atoms with E-state index in [1.54, 1.807) is 12.1 Å². The third-order valence-corrected chi connectivity index (χ3v) is 2.74. The number of nitro groups is 1. The van der Waals surface area contributed by atoms with Gasteiger partial charge in [0.15, 0.2) is 0 Å². The number of nitro benzene ring substituents is 1.